The van der Waals surface area contributed by atoms with Gasteiger partial charge >= 0.3 is 12.1 Å². The average molecular weight is 656 g/mol. The van der Waals surface area contributed by atoms with E-state index >= 15 is 0 Å². The number of halogens is 3. The van der Waals surface area contributed by atoms with E-state index in [0.717, 1.165) is 33.2 Å². The van der Waals surface area contributed by atoms with Crippen LogP contribution in [0.1, 0.15) is 39.0 Å². The molecule has 0 spiro atoms. The van der Waals surface area contributed by atoms with Gasteiger partial charge in [-0.05, 0) is 61.9 Å². The Morgan fingerprint density at radius 3 is 2.33 bits per heavy atom. The maximum absolute atomic E-state index is 13.2. The second-order valence-corrected chi connectivity index (χ2v) is 12.8. The van der Waals surface area contributed by atoms with Gasteiger partial charge in [0, 0.05) is 59.4 Å². The fourth-order valence-electron chi connectivity index (χ4n) is 4.86. The molecular weight excluding hydrogens is 624 g/mol. The number of hydrogen-bond donors (Lipinski definition) is 1. The lowest BCUT2D eigenvalue weighted by molar-refractivity contribution is -0.144. The summed E-state index contributed by atoms with van der Waals surface area (Å²) < 4.78 is 45.0. The predicted octanol–water partition coefficient (Wildman–Crippen LogP) is 7.24. The van der Waals surface area contributed by atoms with Crippen LogP contribution in [0.25, 0.3) is 10.6 Å². The van der Waals surface area contributed by atoms with E-state index in [9.17, 15) is 22.8 Å². The first-order chi connectivity index (χ1) is 21.5. The van der Waals surface area contributed by atoms with E-state index in [2.05, 4.69) is 4.90 Å². The van der Waals surface area contributed by atoms with Crippen LogP contribution in [0.5, 0.6) is 5.75 Å². The lowest BCUT2D eigenvalue weighted by atomic mass is 10.1. The van der Waals surface area contributed by atoms with E-state index in [1.807, 2.05) is 54.3 Å². The first-order valence-electron chi connectivity index (χ1n) is 14.3. The van der Waals surface area contributed by atoms with E-state index in [4.69, 9.17) is 14.8 Å². The number of amides is 1. The van der Waals surface area contributed by atoms with Crippen LogP contribution in [0, 0.1) is 6.92 Å². The molecule has 2 heterocycles. The van der Waals surface area contributed by atoms with Crippen LogP contribution in [0.2, 0.25) is 0 Å². The molecule has 1 aromatic heterocycles. The fourth-order valence-corrected chi connectivity index (χ4v) is 7.04. The van der Waals surface area contributed by atoms with Gasteiger partial charge in [-0.1, -0.05) is 30.3 Å². The monoisotopic (exact) mass is 655 g/mol. The zero-order chi connectivity index (χ0) is 32.1. The summed E-state index contributed by atoms with van der Waals surface area (Å²) >= 11 is 3.05. The van der Waals surface area contributed by atoms with Gasteiger partial charge in [0.2, 0.25) is 0 Å². The fraction of sp³-hybridized carbons (Fsp3) is 0.303. The van der Waals surface area contributed by atoms with Crippen LogP contribution in [0.15, 0.2) is 77.7 Å². The number of nitrogens with zero attached hydrogens (tertiary/aromatic N) is 3. The Kier molecular flexibility index (Phi) is 10.2. The number of thiazole rings is 1. The normalized spacial score (nSPS) is 14.7. The minimum atomic E-state index is -4.41. The molecule has 1 aliphatic rings. The molecule has 12 heteroatoms. The molecule has 1 aliphatic heterocycles. The smallest absolute Gasteiger partial charge is 0.416 e. The third-order valence-electron chi connectivity index (χ3n) is 7.46. The van der Waals surface area contributed by atoms with E-state index in [1.165, 1.54) is 30.4 Å². The number of carboxylic acids is 1. The lowest BCUT2D eigenvalue weighted by Gasteiger charge is -2.34. The summed E-state index contributed by atoms with van der Waals surface area (Å²) in [5, 5.41) is 9.80. The average Bonchev–Trinajstić information content (AvgIpc) is 3.43. The summed E-state index contributed by atoms with van der Waals surface area (Å²) in [7, 11) is 0. The molecule has 45 heavy (non-hydrogen) atoms. The number of thioether (sulfide) groups is 1. The second-order valence-electron chi connectivity index (χ2n) is 10.7. The van der Waals surface area contributed by atoms with Crippen molar-refractivity contribution >= 4 is 35.0 Å². The van der Waals surface area contributed by atoms with Crippen molar-refractivity contribution < 1.29 is 32.6 Å². The highest BCUT2D eigenvalue weighted by Crippen LogP contribution is 2.36. The van der Waals surface area contributed by atoms with Crippen LogP contribution >= 0.6 is 23.1 Å². The number of carbonyl (C=O) groups is 2. The van der Waals surface area contributed by atoms with Gasteiger partial charge in [0.15, 0.2) is 6.10 Å². The zero-order valence-corrected chi connectivity index (χ0v) is 26.3. The summed E-state index contributed by atoms with van der Waals surface area (Å²) in [6.45, 7) is 6.41. The van der Waals surface area contributed by atoms with Gasteiger partial charge in [-0.2, -0.15) is 13.2 Å². The van der Waals surface area contributed by atoms with E-state index in [-0.39, 0.29) is 5.91 Å². The van der Waals surface area contributed by atoms with Crippen LogP contribution in [-0.2, 0) is 23.3 Å². The van der Waals surface area contributed by atoms with Gasteiger partial charge in [-0.3, -0.25) is 9.69 Å². The third kappa shape index (κ3) is 8.24. The molecule has 1 saturated heterocycles. The maximum Gasteiger partial charge on any atom is 0.416 e. The summed E-state index contributed by atoms with van der Waals surface area (Å²) in [5.74, 6) is 0.0567. The van der Waals surface area contributed by atoms with Crippen LogP contribution in [-0.4, -0.2) is 64.0 Å². The molecule has 0 bridgehead atoms. The summed E-state index contributed by atoms with van der Waals surface area (Å²) in [5.41, 5.74) is 2.25. The molecule has 0 radical (unpaired) electrons. The standard InChI is InChI=1S/C33H32F3N3O4S2/c1-21-18-26(12-13-28(21)43-22(2)32(41)42)44-20-29-27(37-30(45-29)23-8-10-25(11-9-23)33(34,35)36)19-38-14-16-39(17-15-38)31(40)24-6-4-3-5-7-24/h3-13,18,22H,14-17,19-20H2,1-2H3,(H,41,42). The SMILES string of the molecule is Cc1cc(SCc2sc(-c3ccc(C(F)(F)F)cc3)nc2CN2CCN(C(=O)c3ccccc3)CC2)ccc1OC(C)C(=O)O. The van der Waals surface area contributed by atoms with Crippen molar-refractivity contribution in [1.82, 2.24) is 14.8 Å². The molecule has 1 N–H and O–H groups in total. The van der Waals surface area contributed by atoms with Crippen molar-refractivity contribution in [2.45, 2.75) is 43.3 Å². The molecule has 236 valence electrons. The Bertz CT molecular complexity index is 1640. The Hall–Kier alpha value is -3.87. The summed E-state index contributed by atoms with van der Waals surface area (Å²) in [6, 6.07) is 19.8. The van der Waals surface area contributed by atoms with Crippen LogP contribution in [0.3, 0.4) is 0 Å². The quantitative estimate of drug-likeness (QED) is 0.181. The number of aryl methyl sites for hydroxylation is 1. The van der Waals surface area contributed by atoms with Crippen LogP contribution in [0.4, 0.5) is 13.2 Å². The molecule has 4 aromatic rings. The Balaban J connectivity index is 1.31. The number of rotatable bonds is 10. The number of aromatic nitrogens is 1. The number of benzene rings is 3. The first-order valence-corrected chi connectivity index (χ1v) is 16.1. The van der Waals surface area contributed by atoms with Gasteiger partial charge in [0.25, 0.3) is 5.91 Å². The number of hydrogen-bond acceptors (Lipinski definition) is 7. The number of ether oxygens (including phenoxy) is 1. The van der Waals surface area contributed by atoms with Crippen molar-refractivity contribution in [2.24, 2.45) is 0 Å². The highest BCUT2D eigenvalue weighted by molar-refractivity contribution is 7.98. The number of carbonyl (C=O) groups excluding carboxylic acids is 1. The number of piperazine rings is 1. The van der Waals surface area contributed by atoms with Gasteiger partial charge in [-0.15, -0.1) is 23.1 Å². The maximum atomic E-state index is 13.2. The van der Waals surface area contributed by atoms with Gasteiger partial charge in [0.05, 0.1) is 11.3 Å². The van der Waals surface area contributed by atoms with Crippen molar-refractivity contribution in [2.75, 3.05) is 26.2 Å². The zero-order valence-electron chi connectivity index (χ0n) is 24.7. The Morgan fingerprint density at radius 1 is 1.02 bits per heavy atom. The van der Waals surface area contributed by atoms with E-state index in [1.54, 1.807) is 17.8 Å². The summed E-state index contributed by atoms with van der Waals surface area (Å²) in [4.78, 5) is 35.0. The molecule has 3 aromatic carbocycles. The van der Waals surface area contributed by atoms with Gasteiger partial charge in [0.1, 0.15) is 10.8 Å². The molecule has 1 atom stereocenters. The minimum absolute atomic E-state index is 0.00900. The molecule has 0 saturated carbocycles. The van der Waals surface area contributed by atoms with Gasteiger partial charge in [-0.25, -0.2) is 9.78 Å². The second kappa shape index (κ2) is 14.1. The highest BCUT2D eigenvalue weighted by Gasteiger charge is 2.30. The highest BCUT2D eigenvalue weighted by atomic mass is 32.2. The molecule has 7 nitrogen and oxygen atoms in total. The van der Waals surface area contributed by atoms with Crippen LogP contribution < -0.4 is 4.74 Å². The Morgan fingerprint density at radius 2 is 1.71 bits per heavy atom. The molecule has 1 amide bonds. The van der Waals surface area contributed by atoms with Gasteiger partial charge < -0.3 is 14.7 Å². The van der Waals surface area contributed by atoms with Crippen molar-refractivity contribution in [3.05, 3.63) is 100 Å². The topological polar surface area (TPSA) is 83.0 Å². The van der Waals surface area contributed by atoms with Crippen molar-refractivity contribution in [3.63, 3.8) is 0 Å². The first kappa shape index (κ1) is 32.5. The number of carboxylic acid groups (broad SMARTS) is 1. The minimum Gasteiger partial charge on any atom is -0.479 e. The molecule has 0 aliphatic carbocycles. The van der Waals surface area contributed by atoms with E-state index in [0.29, 0.717) is 60.4 Å². The van der Waals surface area contributed by atoms with Crippen molar-refractivity contribution in [1.29, 1.82) is 0 Å². The summed E-state index contributed by atoms with van der Waals surface area (Å²) in [6.07, 6.45) is -5.38. The molecule has 5 rings (SSSR count). The molecular formula is C33H32F3N3O4S2. The number of aliphatic carboxylic acids is 1. The Labute approximate surface area is 267 Å². The molecule has 1 unspecified atom stereocenters. The number of alkyl halides is 3. The molecule has 1 fully saturated rings. The third-order valence-corrected chi connectivity index (χ3v) is 9.81. The van der Waals surface area contributed by atoms with E-state index < -0.39 is 23.8 Å². The largest absolute Gasteiger partial charge is 0.479 e. The predicted molar refractivity (Wildman–Crippen MR) is 169 cm³/mol. The van der Waals surface area contributed by atoms with Crippen molar-refractivity contribution in [3.8, 4) is 16.3 Å². The lowest BCUT2D eigenvalue weighted by Crippen LogP contribution is -2.48.